The summed E-state index contributed by atoms with van der Waals surface area (Å²) in [6.07, 6.45) is -3.76. The third-order valence-electron chi connectivity index (χ3n) is 11.3. The molecule has 2 fully saturated rings. The van der Waals surface area contributed by atoms with Crippen molar-refractivity contribution in [1.29, 1.82) is 0 Å². The number of nitrogens with zero attached hydrogens (tertiary/aromatic N) is 5. The van der Waals surface area contributed by atoms with Crippen LogP contribution in [0.3, 0.4) is 0 Å². The molecule has 3 heterocycles. The van der Waals surface area contributed by atoms with Crippen LogP contribution in [0.25, 0.3) is 27.7 Å². The number of nitrogens with one attached hydrogen (secondary N) is 1. The van der Waals surface area contributed by atoms with Crippen LogP contribution in [0.15, 0.2) is 88.6 Å². The summed E-state index contributed by atoms with van der Waals surface area (Å²) in [5, 5.41) is 6.18. The number of alkyl halides is 4. The Balaban J connectivity index is 1.19. The number of hydrogen-bond acceptors (Lipinski definition) is 7. The van der Waals surface area contributed by atoms with Crippen LogP contribution in [0, 0.1) is 29.2 Å². The van der Waals surface area contributed by atoms with Crippen LogP contribution in [0.2, 0.25) is 0 Å². The molecule has 0 radical (unpaired) electrons. The van der Waals surface area contributed by atoms with Gasteiger partial charge in [-0.1, -0.05) is 6.07 Å². The van der Waals surface area contributed by atoms with Crippen LogP contribution in [0.5, 0.6) is 0 Å². The molecule has 1 amide bonds. The van der Waals surface area contributed by atoms with Gasteiger partial charge < -0.3 is 10.1 Å². The zero-order valence-electron chi connectivity index (χ0n) is 32.0. The molecule has 1 unspecified atom stereocenters. The van der Waals surface area contributed by atoms with Crippen molar-refractivity contribution in [1.82, 2.24) is 29.0 Å². The Bertz CT molecular complexity index is 2940. The van der Waals surface area contributed by atoms with Crippen molar-refractivity contribution in [3.63, 3.8) is 0 Å². The maximum Gasteiger partial charge on any atom is 0.293 e. The summed E-state index contributed by atoms with van der Waals surface area (Å²) in [5.74, 6) is -10.7. The van der Waals surface area contributed by atoms with Gasteiger partial charge in [-0.2, -0.15) is 18.2 Å². The molecule has 11 nitrogen and oxygen atoms in total. The number of aromatic nitrogens is 4. The average Bonchev–Trinajstić information content (AvgIpc) is 3.89. The van der Waals surface area contributed by atoms with Gasteiger partial charge in [0.25, 0.3) is 17.9 Å². The number of fused-ring (bicyclic) bond motifs is 4. The lowest BCUT2D eigenvalue weighted by atomic mass is 10.0. The smallest absolute Gasteiger partial charge is 0.293 e. The number of morpholine rings is 1. The Hall–Kier alpha value is -5.99. The fourth-order valence-electron chi connectivity index (χ4n) is 8.40. The Kier molecular flexibility index (Phi) is 10.3. The summed E-state index contributed by atoms with van der Waals surface area (Å²) in [5.41, 5.74) is -3.16. The highest BCUT2D eigenvalue weighted by molar-refractivity contribution is 7.89. The maximum absolute atomic E-state index is 15.4. The molecule has 2 aliphatic carbocycles. The number of carbonyl (C=O) groups is 1. The van der Waals surface area contributed by atoms with Crippen molar-refractivity contribution >= 4 is 26.8 Å². The van der Waals surface area contributed by atoms with Gasteiger partial charge in [0.05, 0.1) is 40.7 Å². The maximum atomic E-state index is 15.4. The van der Waals surface area contributed by atoms with Gasteiger partial charge in [-0.05, 0) is 90.2 Å². The van der Waals surface area contributed by atoms with Gasteiger partial charge in [0, 0.05) is 42.6 Å². The first kappa shape index (κ1) is 41.4. The molecule has 4 aromatic carbocycles. The van der Waals surface area contributed by atoms with Gasteiger partial charge in [-0.3, -0.25) is 18.8 Å². The van der Waals surface area contributed by atoms with Gasteiger partial charge in [0.2, 0.25) is 15.9 Å². The second kappa shape index (κ2) is 15.4. The molecule has 6 aromatic rings. The van der Waals surface area contributed by atoms with Crippen LogP contribution in [0.1, 0.15) is 53.1 Å². The number of rotatable bonds is 11. The fraction of sp³-hybridized carbons (Fsp3) is 0.286. The second-order valence-electron chi connectivity index (χ2n) is 15.3. The molecule has 9 rings (SSSR count). The third kappa shape index (κ3) is 7.32. The number of carbonyl (C=O) groups excluding carboxylic acids is 1. The first-order chi connectivity index (χ1) is 29.5. The molecule has 0 spiro atoms. The molecule has 3 aliphatic rings. The second-order valence-corrected chi connectivity index (χ2v) is 17.2. The van der Waals surface area contributed by atoms with E-state index in [2.05, 4.69) is 15.4 Å². The van der Waals surface area contributed by atoms with E-state index < -0.39 is 99.3 Å². The molecule has 3 atom stereocenters. The van der Waals surface area contributed by atoms with Gasteiger partial charge in [-0.25, -0.2) is 39.7 Å². The molecule has 1 N–H and O–H groups in total. The Morgan fingerprint density at radius 3 is 2.31 bits per heavy atom. The summed E-state index contributed by atoms with van der Waals surface area (Å²) in [6, 6.07) is 12.6. The molecular weight excluding hydrogens is 853 g/mol. The third-order valence-corrected chi connectivity index (χ3v) is 13.2. The predicted octanol–water partition coefficient (Wildman–Crippen LogP) is 7.07. The van der Waals surface area contributed by atoms with Crippen molar-refractivity contribution in [2.24, 2.45) is 5.92 Å². The van der Waals surface area contributed by atoms with Crippen LogP contribution in [-0.2, 0) is 38.4 Å². The van der Waals surface area contributed by atoms with Gasteiger partial charge >= 0.3 is 0 Å². The van der Waals surface area contributed by atoms with Crippen molar-refractivity contribution < 1.29 is 53.1 Å². The Morgan fingerprint density at radius 2 is 1.61 bits per heavy atom. The minimum Gasteiger partial charge on any atom is -0.379 e. The monoisotopic (exact) mass is 884 g/mol. The normalized spacial score (nSPS) is 18.8. The lowest BCUT2D eigenvalue weighted by molar-refractivity contribution is -0.123. The molecule has 322 valence electrons. The van der Waals surface area contributed by atoms with Crippen LogP contribution >= 0.6 is 0 Å². The summed E-state index contributed by atoms with van der Waals surface area (Å²) in [6.45, 7) is -0.485. The van der Waals surface area contributed by atoms with E-state index in [-0.39, 0.29) is 82.3 Å². The Morgan fingerprint density at radius 1 is 0.903 bits per heavy atom. The number of ether oxygens (including phenoxy) is 1. The summed E-state index contributed by atoms with van der Waals surface area (Å²) in [7, 11) is -4.03. The highest BCUT2D eigenvalue weighted by Gasteiger charge is 2.67. The zero-order chi connectivity index (χ0) is 43.8. The number of halogens is 8. The predicted molar refractivity (Wildman–Crippen MR) is 205 cm³/mol. The van der Waals surface area contributed by atoms with Crippen molar-refractivity contribution in [2.75, 3.05) is 26.3 Å². The minimum atomic E-state index is -4.03. The number of amides is 1. The molecule has 1 aliphatic heterocycles. The highest BCUT2D eigenvalue weighted by atomic mass is 32.2. The fourth-order valence-corrected chi connectivity index (χ4v) is 9.81. The van der Waals surface area contributed by atoms with E-state index in [1.165, 1.54) is 46.8 Å². The lowest BCUT2D eigenvalue weighted by Gasteiger charge is -2.26. The van der Waals surface area contributed by atoms with Crippen LogP contribution in [0.4, 0.5) is 35.1 Å². The summed E-state index contributed by atoms with van der Waals surface area (Å²) < 4.78 is 153. The summed E-state index contributed by atoms with van der Waals surface area (Å²) in [4.78, 5) is 33.2. The SMILES string of the molecule is O=C(Cn1nc(C(F)F)c2c1C(F)(F)[C@@H]1C[C@H]21)NC(Cc1cc(F)cc(F)c1)c1nc2cc(-c3cc(F)ccc3F)ccc2c(=O)n1-c1ccc(S(=O)(=O)N2CCOCC2)cc1. The van der Waals surface area contributed by atoms with Crippen LogP contribution < -0.4 is 10.9 Å². The highest BCUT2D eigenvalue weighted by Crippen LogP contribution is 2.68. The first-order valence-corrected chi connectivity index (χ1v) is 20.7. The zero-order valence-corrected chi connectivity index (χ0v) is 32.8. The quantitative estimate of drug-likeness (QED) is 0.138. The van der Waals surface area contributed by atoms with E-state index in [4.69, 9.17) is 4.74 Å². The van der Waals surface area contributed by atoms with E-state index in [0.717, 1.165) is 34.9 Å². The van der Waals surface area contributed by atoms with E-state index in [9.17, 15) is 44.3 Å². The molecule has 62 heavy (non-hydrogen) atoms. The molecule has 2 aromatic heterocycles. The molecular formula is C42H32F8N6O5S. The number of benzene rings is 4. The van der Waals surface area contributed by atoms with Crippen molar-refractivity contribution in [3.8, 4) is 16.8 Å². The minimum absolute atomic E-state index is 0.00408. The van der Waals surface area contributed by atoms with Gasteiger partial charge in [-0.15, -0.1) is 0 Å². The summed E-state index contributed by atoms with van der Waals surface area (Å²) >= 11 is 0. The van der Waals surface area contributed by atoms with E-state index >= 15 is 8.78 Å². The molecule has 1 saturated heterocycles. The lowest BCUT2D eigenvalue weighted by Crippen LogP contribution is -2.40. The van der Waals surface area contributed by atoms with E-state index in [0.29, 0.717) is 10.7 Å². The first-order valence-electron chi connectivity index (χ1n) is 19.2. The number of hydrogen-bond donors (Lipinski definition) is 1. The molecule has 20 heteroatoms. The Labute approximate surface area is 346 Å². The number of sulfonamides is 1. The average molecular weight is 885 g/mol. The topological polar surface area (TPSA) is 128 Å². The van der Waals surface area contributed by atoms with E-state index in [1.54, 1.807) is 0 Å². The van der Waals surface area contributed by atoms with E-state index in [1.807, 2.05) is 0 Å². The molecule has 1 saturated carbocycles. The molecule has 0 bridgehead atoms. The van der Waals surface area contributed by atoms with Gasteiger partial charge in [0.15, 0.2) is 0 Å². The standard InChI is InChI=1S/C42H32F8N6O5S/c43-23-2-8-32(46)29(18-23)22-1-7-28-33(16-22)52-40(56(41(28)58)26-3-5-27(6-4-26)62(59,60)54-9-11-61-12-10-54)34(15-21-13-24(44)17-25(45)14-21)51-35(57)20-55-38-36(37(53-55)39(47)48)30-19-31(30)42(38,49)50/h1-8,13-14,16-18,30-31,34,39H,9-12,15,19-20H2,(H,51,57)/t30-,31+,34?/m0/s1. The van der Waals surface area contributed by atoms with Crippen molar-refractivity contribution in [2.45, 2.75) is 48.6 Å². The van der Waals surface area contributed by atoms with Crippen LogP contribution in [-0.4, -0.2) is 64.3 Å². The largest absolute Gasteiger partial charge is 0.379 e. The van der Waals surface area contributed by atoms with Gasteiger partial charge in [0.1, 0.15) is 47.0 Å². The van der Waals surface area contributed by atoms with Crippen molar-refractivity contribution in [3.05, 3.63) is 141 Å².